The van der Waals surface area contributed by atoms with Crippen LogP contribution in [0.5, 0.6) is 0 Å². The van der Waals surface area contributed by atoms with E-state index < -0.39 is 47.3 Å². The van der Waals surface area contributed by atoms with Crippen molar-refractivity contribution in [3.05, 3.63) is 59.3 Å². The fourth-order valence-electron chi connectivity index (χ4n) is 6.90. The molecule has 2 heterocycles. The number of aromatic amines is 1. The number of amides is 1. The van der Waals surface area contributed by atoms with Crippen molar-refractivity contribution in [3.63, 3.8) is 0 Å². The van der Waals surface area contributed by atoms with Crippen LogP contribution in [0.3, 0.4) is 0 Å². The Labute approximate surface area is 211 Å². The van der Waals surface area contributed by atoms with E-state index in [0.29, 0.717) is 19.3 Å². The maximum atomic E-state index is 14.1. The number of nitrogens with one attached hydrogen (secondary N) is 2. The fourth-order valence-corrected chi connectivity index (χ4v) is 6.90. The molecule has 0 bridgehead atoms. The molecule has 1 amide bonds. The summed E-state index contributed by atoms with van der Waals surface area (Å²) in [7, 11) is 0. The molecule has 2 aliphatic carbocycles. The third-order valence-electron chi connectivity index (χ3n) is 8.92. The number of aromatic nitrogens is 1. The van der Waals surface area contributed by atoms with E-state index in [1.807, 2.05) is 63.4 Å². The zero-order chi connectivity index (χ0) is 25.8. The summed E-state index contributed by atoms with van der Waals surface area (Å²) in [6.07, 6.45) is 3.55. The Balaban J connectivity index is 1.63. The minimum absolute atomic E-state index is 0.0805. The van der Waals surface area contributed by atoms with Gasteiger partial charge < -0.3 is 25.6 Å². The molecule has 1 fully saturated rings. The van der Waals surface area contributed by atoms with Crippen LogP contribution in [0.25, 0.3) is 10.9 Å². The number of ketones is 1. The molecule has 192 valence electrons. The molecule has 7 heteroatoms. The van der Waals surface area contributed by atoms with Crippen LogP contribution < -0.4 is 5.32 Å². The Bertz CT molecular complexity index is 1250. The molecule has 8 unspecified atom stereocenters. The van der Waals surface area contributed by atoms with Gasteiger partial charge in [0.1, 0.15) is 5.41 Å². The molecule has 0 saturated carbocycles. The van der Waals surface area contributed by atoms with Crippen molar-refractivity contribution >= 4 is 22.6 Å². The second-order valence-electron chi connectivity index (χ2n) is 11.1. The van der Waals surface area contributed by atoms with Gasteiger partial charge in [-0.1, -0.05) is 42.8 Å². The maximum absolute atomic E-state index is 14.1. The number of fused-ring (bicyclic) bond motifs is 1. The van der Waals surface area contributed by atoms with E-state index in [0.717, 1.165) is 27.6 Å². The van der Waals surface area contributed by atoms with Gasteiger partial charge in [0.05, 0.1) is 18.3 Å². The Kier molecular flexibility index (Phi) is 6.43. The Morgan fingerprint density at radius 1 is 1.06 bits per heavy atom. The first kappa shape index (κ1) is 24.9. The lowest BCUT2D eigenvalue weighted by molar-refractivity contribution is -0.150. The summed E-state index contributed by atoms with van der Waals surface area (Å²) in [4.78, 5) is 31.3. The highest BCUT2D eigenvalue weighted by atomic mass is 16.3. The van der Waals surface area contributed by atoms with Crippen molar-refractivity contribution < 1.29 is 24.9 Å². The number of carbonyl (C=O) groups is 2. The summed E-state index contributed by atoms with van der Waals surface area (Å²) < 4.78 is 0. The van der Waals surface area contributed by atoms with E-state index >= 15 is 0 Å². The lowest BCUT2D eigenvalue weighted by atomic mass is 9.54. The van der Waals surface area contributed by atoms with Crippen LogP contribution in [0.1, 0.15) is 45.6 Å². The van der Waals surface area contributed by atoms with Gasteiger partial charge >= 0.3 is 0 Å². The smallest absolute Gasteiger partial charge is 0.235 e. The molecule has 1 saturated heterocycles. The first-order valence-corrected chi connectivity index (χ1v) is 12.9. The number of Topliss-reactive ketones (excluding diaryl/α,β-unsaturated/α-hetero) is 1. The monoisotopic (exact) mass is 492 g/mol. The van der Waals surface area contributed by atoms with Crippen molar-refractivity contribution in [2.75, 3.05) is 0 Å². The first-order chi connectivity index (χ1) is 17.2. The average molecular weight is 493 g/mol. The second-order valence-corrected chi connectivity index (χ2v) is 11.1. The number of aliphatic hydroxyl groups excluding tert-OH is 3. The predicted octanol–water partition coefficient (Wildman–Crippen LogP) is 2.81. The van der Waals surface area contributed by atoms with E-state index in [1.165, 1.54) is 0 Å². The van der Waals surface area contributed by atoms with Gasteiger partial charge in [-0.15, -0.1) is 0 Å². The highest BCUT2D eigenvalue weighted by Gasteiger charge is 2.66. The molecule has 1 aliphatic heterocycles. The number of benzene rings is 1. The molecule has 0 radical (unpaired) electrons. The third-order valence-corrected chi connectivity index (χ3v) is 8.92. The largest absolute Gasteiger partial charge is 0.390 e. The molecular weight excluding hydrogens is 456 g/mol. The summed E-state index contributed by atoms with van der Waals surface area (Å²) in [6.45, 7) is 5.75. The van der Waals surface area contributed by atoms with Gasteiger partial charge in [-0.2, -0.15) is 0 Å². The molecule has 5 rings (SSSR count). The number of rotatable bonds is 2. The summed E-state index contributed by atoms with van der Waals surface area (Å²) >= 11 is 0. The van der Waals surface area contributed by atoms with Crippen molar-refractivity contribution in [1.82, 2.24) is 10.3 Å². The van der Waals surface area contributed by atoms with Crippen LogP contribution >= 0.6 is 0 Å². The van der Waals surface area contributed by atoms with Crippen molar-refractivity contribution in [2.24, 2.45) is 23.2 Å². The minimum Gasteiger partial charge on any atom is -0.390 e. The number of hydrogen-bond acceptors (Lipinski definition) is 5. The quantitative estimate of drug-likeness (QED) is 0.326. The molecule has 1 spiro atoms. The normalized spacial score (nSPS) is 37.4. The van der Waals surface area contributed by atoms with Gasteiger partial charge in [-0.3, -0.25) is 9.59 Å². The van der Waals surface area contributed by atoms with E-state index in [2.05, 4.69) is 10.3 Å². The maximum Gasteiger partial charge on any atom is 0.235 e. The molecule has 36 heavy (non-hydrogen) atoms. The number of aliphatic hydroxyl groups is 3. The second kappa shape index (κ2) is 9.29. The first-order valence-electron chi connectivity index (χ1n) is 12.9. The van der Waals surface area contributed by atoms with Crippen LogP contribution in [0.2, 0.25) is 0 Å². The van der Waals surface area contributed by atoms with E-state index in [9.17, 15) is 24.9 Å². The summed E-state index contributed by atoms with van der Waals surface area (Å²) in [5.74, 6) is -1.98. The highest BCUT2D eigenvalue weighted by molar-refractivity contribution is 6.10. The van der Waals surface area contributed by atoms with Crippen molar-refractivity contribution in [2.45, 2.75) is 70.8 Å². The molecule has 8 atom stereocenters. The predicted molar refractivity (Wildman–Crippen MR) is 137 cm³/mol. The van der Waals surface area contributed by atoms with Crippen LogP contribution in [0, 0.1) is 23.2 Å². The molecule has 1 aromatic carbocycles. The molecule has 5 N–H and O–H groups in total. The molecule has 7 nitrogen and oxygen atoms in total. The van der Waals surface area contributed by atoms with Gasteiger partial charge in [0.25, 0.3) is 0 Å². The van der Waals surface area contributed by atoms with Crippen LogP contribution in [-0.2, 0) is 16.0 Å². The molecule has 3 aliphatic rings. The van der Waals surface area contributed by atoms with Crippen LogP contribution in [0.4, 0.5) is 0 Å². The van der Waals surface area contributed by atoms with E-state index in [4.69, 9.17) is 0 Å². The number of hydrogen-bond donors (Lipinski definition) is 5. The molecule has 1 aromatic heterocycles. The Morgan fingerprint density at radius 2 is 1.81 bits per heavy atom. The number of carbonyl (C=O) groups excluding carboxylic acids is 2. The van der Waals surface area contributed by atoms with Gasteiger partial charge in [0.2, 0.25) is 5.91 Å². The number of para-hydroxylation sites is 1. The SMILES string of the molecule is CC1=C(C)C2C(Cc3c[nH]c4ccccc34)NC(=O)C23C(=O)CC(O)C(O)CC(C)CC=CC3C1O. The topological polar surface area (TPSA) is 123 Å². The van der Waals surface area contributed by atoms with Gasteiger partial charge in [-0.25, -0.2) is 0 Å². The van der Waals surface area contributed by atoms with E-state index in [1.54, 1.807) is 0 Å². The number of H-pyrrole nitrogens is 1. The Morgan fingerprint density at radius 3 is 2.58 bits per heavy atom. The van der Waals surface area contributed by atoms with Crippen molar-refractivity contribution in [1.29, 1.82) is 0 Å². The number of allylic oxidation sites excluding steroid dienone is 1. The summed E-state index contributed by atoms with van der Waals surface area (Å²) in [6, 6.07) is 7.62. The third kappa shape index (κ3) is 3.76. The highest BCUT2D eigenvalue weighted by Crippen LogP contribution is 2.55. The zero-order valence-corrected chi connectivity index (χ0v) is 21.1. The summed E-state index contributed by atoms with van der Waals surface area (Å²) in [5, 5.41) is 36.9. The Hall–Kier alpha value is -2.74. The fraction of sp³-hybridized carbons (Fsp3) is 0.517. The average Bonchev–Trinajstić information content (AvgIpc) is 3.38. The van der Waals surface area contributed by atoms with Gasteiger partial charge in [-0.05, 0) is 56.2 Å². The van der Waals surface area contributed by atoms with Crippen LogP contribution in [-0.4, -0.2) is 56.3 Å². The lowest BCUT2D eigenvalue weighted by Crippen LogP contribution is -2.56. The summed E-state index contributed by atoms with van der Waals surface area (Å²) in [5.41, 5.74) is 2.12. The van der Waals surface area contributed by atoms with Gasteiger partial charge in [0, 0.05) is 41.4 Å². The lowest BCUT2D eigenvalue weighted by Gasteiger charge is -2.46. The van der Waals surface area contributed by atoms with Gasteiger partial charge in [0.15, 0.2) is 5.78 Å². The van der Waals surface area contributed by atoms with E-state index in [-0.39, 0.29) is 18.4 Å². The standard InChI is InChI=1S/C29H36N2O5/c1-15-7-6-9-20-27(35)17(3)16(2)26-22(12-18-14-30-21-10-5-4-8-19(18)21)31-28(36)29(20,26)25(34)13-24(33)23(32)11-15/h4-6,8-10,14-15,20,22-24,26-27,30,32-33,35H,7,11-13H2,1-3H3,(H,31,36). The van der Waals surface area contributed by atoms with Crippen molar-refractivity contribution in [3.8, 4) is 0 Å². The molecular formula is C29H36N2O5. The minimum atomic E-state index is -1.55. The molecule has 2 aromatic rings. The zero-order valence-electron chi connectivity index (χ0n) is 21.1. The van der Waals surface area contributed by atoms with Crippen LogP contribution in [0.15, 0.2) is 53.8 Å².